The zero-order valence-corrected chi connectivity index (χ0v) is 11.6. The summed E-state index contributed by atoms with van der Waals surface area (Å²) in [5.74, 6) is 1.15. The van der Waals surface area contributed by atoms with Gasteiger partial charge in [0.25, 0.3) is 0 Å². The van der Waals surface area contributed by atoms with E-state index < -0.39 is 11.2 Å². The maximum atomic E-state index is 11.3. The molecule has 7 heteroatoms. The maximum absolute atomic E-state index is 11.3. The largest absolute Gasteiger partial charge is 0.502 e. The average molecular weight is 301 g/mol. The number of aromatic amines is 1. The van der Waals surface area contributed by atoms with E-state index in [1.165, 1.54) is 17.8 Å². The summed E-state index contributed by atoms with van der Waals surface area (Å²) in [5.41, 5.74) is 0.491. The normalized spacial score (nSPS) is 10.7. The van der Waals surface area contributed by atoms with Crippen LogP contribution in [0.1, 0.15) is 5.76 Å². The van der Waals surface area contributed by atoms with Gasteiger partial charge in [0.1, 0.15) is 12.0 Å². The number of hydrogen-bond donors (Lipinski definition) is 2. The summed E-state index contributed by atoms with van der Waals surface area (Å²) in [6.07, 6.45) is 1.03. The van der Waals surface area contributed by atoms with Gasteiger partial charge in [-0.1, -0.05) is 42.1 Å². The minimum absolute atomic E-state index is 0.395. The third-order valence-corrected chi connectivity index (χ3v) is 3.59. The van der Waals surface area contributed by atoms with E-state index in [1.54, 1.807) is 0 Å². The smallest absolute Gasteiger partial charge is 0.226 e. The second-order valence-corrected chi connectivity index (χ2v) is 5.16. The fraction of sp³-hybridized carbons (Fsp3) is 0.0714. The number of thioether (sulfide) groups is 1. The summed E-state index contributed by atoms with van der Waals surface area (Å²) >= 11 is 1.34. The van der Waals surface area contributed by atoms with Crippen LogP contribution in [0.3, 0.4) is 0 Å². The Bertz CT molecular complexity index is 798. The van der Waals surface area contributed by atoms with Crippen LogP contribution in [-0.2, 0) is 5.75 Å². The van der Waals surface area contributed by atoms with Gasteiger partial charge in [-0.15, -0.1) is 5.10 Å². The van der Waals surface area contributed by atoms with Gasteiger partial charge in [-0.05, 0) is 0 Å². The van der Waals surface area contributed by atoms with Gasteiger partial charge in [0, 0.05) is 11.6 Å². The van der Waals surface area contributed by atoms with Crippen LogP contribution in [0.5, 0.6) is 5.75 Å². The Morgan fingerprint density at radius 1 is 1.29 bits per heavy atom. The first-order valence-corrected chi connectivity index (χ1v) is 7.12. The van der Waals surface area contributed by atoms with Gasteiger partial charge < -0.3 is 9.52 Å². The molecule has 0 aliphatic carbocycles. The molecule has 0 saturated heterocycles. The summed E-state index contributed by atoms with van der Waals surface area (Å²) in [7, 11) is 0. The SMILES string of the molecule is O=c1cc(CSc2n[nH]c(-c3ccccc3)n2)occ1O. The highest BCUT2D eigenvalue weighted by molar-refractivity contribution is 7.98. The number of nitrogens with zero attached hydrogens (tertiary/aromatic N) is 2. The number of rotatable bonds is 4. The zero-order chi connectivity index (χ0) is 14.7. The molecule has 3 aromatic rings. The van der Waals surface area contributed by atoms with E-state index in [-0.39, 0.29) is 0 Å². The van der Waals surface area contributed by atoms with Crippen LogP contribution < -0.4 is 5.43 Å². The molecule has 106 valence electrons. The van der Waals surface area contributed by atoms with Crippen molar-refractivity contribution in [1.82, 2.24) is 15.2 Å². The molecular weight excluding hydrogens is 290 g/mol. The van der Waals surface area contributed by atoms with Crippen LogP contribution in [0.25, 0.3) is 11.4 Å². The molecular formula is C14H11N3O3S. The molecule has 0 unspecified atom stereocenters. The van der Waals surface area contributed by atoms with Gasteiger partial charge in [0.15, 0.2) is 11.6 Å². The predicted octanol–water partition coefficient (Wildman–Crippen LogP) is 2.42. The van der Waals surface area contributed by atoms with E-state index in [1.807, 2.05) is 30.3 Å². The molecule has 0 spiro atoms. The van der Waals surface area contributed by atoms with Gasteiger partial charge in [0.05, 0.1) is 5.75 Å². The molecule has 0 amide bonds. The lowest BCUT2D eigenvalue weighted by Gasteiger charge is -1.97. The van der Waals surface area contributed by atoms with Crippen molar-refractivity contribution in [2.45, 2.75) is 10.9 Å². The Balaban J connectivity index is 1.70. The minimum atomic E-state index is -0.461. The minimum Gasteiger partial charge on any atom is -0.502 e. The Hall–Kier alpha value is -2.54. The standard InChI is InChI=1S/C14H11N3O3S/c18-11-6-10(20-7-12(11)19)8-21-14-15-13(16-17-14)9-4-2-1-3-5-9/h1-7,19H,8H2,(H,15,16,17). The van der Waals surface area contributed by atoms with Crippen LogP contribution in [0.4, 0.5) is 0 Å². The molecule has 0 saturated carbocycles. The summed E-state index contributed by atoms with van der Waals surface area (Å²) in [6.45, 7) is 0. The van der Waals surface area contributed by atoms with Gasteiger partial charge in [-0.25, -0.2) is 4.98 Å². The molecule has 1 aromatic carbocycles. The molecule has 2 N–H and O–H groups in total. The lowest BCUT2D eigenvalue weighted by atomic mass is 10.2. The second kappa shape index (κ2) is 5.84. The molecule has 2 aromatic heterocycles. The van der Waals surface area contributed by atoms with E-state index in [0.29, 0.717) is 22.5 Å². The lowest BCUT2D eigenvalue weighted by Crippen LogP contribution is -1.99. The molecule has 0 aliphatic heterocycles. The van der Waals surface area contributed by atoms with Crippen molar-refractivity contribution in [2.24, 2.45) is 0 Å². The molecule has 6 nitrogen and oxygen atoms in total. The van der Waals surface area contributed by atoms with E-state index in [9.17, 15) is 4.79 Å². The highest BCUT2D eigenvalue weighted by atomic mass is 32.2. The van der Waals surface area contributed by atoms with Crippen LogP contribution in [-0.4, -0.2) is 20.3 Å². The fourth-order valence-corrected chi connectivity index (χ4v) is 2.38. The van der Waals surface area contributed by atoms with Gasteiger partial charge in [-0.2, -0.15) is 0 Å². The number of H-pyrrole nitrogens is 1. The highest BCUT2D eigenvalue weighted by Gasteiger charge is 2.08. The Labute approximate surface area is 123 Å². The Kier molecular flexibility index (Phi) is 3.74. The summed E-state index contributed by atoms with van der Waals surface area (Å²) in [5, 5.41) is 16.6. The van der Waals surface area contributed by atoms with Crippen molar-refractivity contribution in [1.29, 1.82) is 0 Å². The number of nitrogens with one attached hydrogen (secondary N) is 1. The van der Waals surface area contributed by atoms with Gasteiger partial charge in [-0.3, -0.25) is 9.89 Å². The van der Waals surface area contributed by atoms with E-state index >= 15 is 0 Å². The predicted molar refractivity (Wildman–Crippen MR) is 78.0 cm³/mol. The van der Waals surface area contributed by atoms with Gasteiger partial charge >= 0.3 is 0 Å². The molecule has 0 aliphatic rings. The molecule has 0 fully saturated rings. The molecule has 2 heterocycles. The summed E-state index contributed by atoms with van der Waals surface area (Å²) in [6, 6.07) is 10.9. The first-order chi connectivity index (χ1) is 10.2. The van der Waals surface area contributed by atoms with Crippen LogP contribution in [0.2, 0.25) is 0 Å². The second-order valence-electron chi connectivity index (χ2n) is 4.22. The molecule has 21 heavy (non-hydrogen) atoms. The molecule has 0 bridgehead atoms. The fourth-order valence-electron chi connectivity index (χ4n) is 1.69. The summed E-state index contributed by atoms with van der Waals surface area (Å²) in [4.78, 5) is 15.6. The average Bonchev–Trinajstić information content (AvgIpc) is 2.98. The molecule has 0 radical (unpaired) electrons. The molecule has 3 rings (SSSR count). The number of aromatic nitrogens is 3. The Morgan fingerprint density at radius 3 is 2.86 bits per heavy atom. The lowest BCUT2D eigenvalue weighted by molar-refractivity contribution is 0.419. The third kappa shape index (κ3) is 3.14. The molecule has 0 atom stereocenters. The van der Waals surface area contributed by atoms with Crippen molar-refractivity contribution in [3.8, 4) is 17.1 Å². The number of benzene rings is 1. The van der Waals surface area contributed by atoms with Crippen LogP contribution in [0, 0.1) is 0 Å². The topological polar surface area (TPSA) is 92.0 Å². The van der Waals surface area contributed by atoms with Gasteiger partial charge in [0.2, 0.25) is 10.6 Å². The van der Waals surface area contributed by atoms with Crippen molar-refractivity contribution >= 4 is 11.8 Å². The van der Waals surface area contributed by atoms with Crippen LogP contribution >= 0.6 is 11.8 Å². The Morgan fingerprint density at radius 2 is 2.10 bits per heavy atom. The van der Waals surface area contributed by atoms with E-state index in [0.717, 1.165) is 11.8 Å². The van der Waals surface area contributed by atoms with Crippen LogP contribution in [0.15, 0.2) is 57.0 Å². The third-order valence-electron chi connectivity index (χ3n) is 2.72. The van der Waals surface area contributed by atoms with Crippen molar-refractivity contribution < 1.29 is 9.52 Å². The number of aromatic hydroxyl groups is 1. The first kappa shape index (κ1) is 13.4. The first-order valence-electron chi connectivity index (χ1n) is 6.14. The monoisotopic (exact) mass is 301 g/mol. The quantitative estimate of drug-likeness (QED) is 0.719. The number of hydrogen-bond acceptors (Lipinski definition) is 6. The van der Waals surface area contributed by atoms with Crippen molar-refractivity contribution in [2.75, 3.05) is 0 Å². The summed E-state index contributed by atoms with van der Waals surface area (Å²) < 4.78 is 5.12. The van der Waals surface area contributed by atoms with Crippen molar-refractivity contribution in [3.63, 3.8) is 0 Å². The van der Waals surface area contributed by atoms with E-state index in [4.69, 9.17) is 9.52 Å². The van der Waals surface area contributed by atoms with E-state index in [2.05, 4.69) is 15.2 Å². The van der Waals surface area contributed by atoms with Crippen molar-refractivity contribution in [3.05, 3.63) is 58.6 Å². The highest BCUT2D eigenvalue weighted by Crippen LogP contribution is 2.22. The zero-order valence-electron chi connectivity index (χ0n) is 10.8. The maximum Gasteiger partial charge on any atom is 0.226 e.